The van der Waals surface area contributed by atoms with Gasteiger partial charge in [-0.15, -0.1) is 0 Å². The lowest BCUT2D eigenvalue weighted by molar-refractivity contribution is -0.160. The van der Waals surface area contributed by atoms with Gasteiger partial charge in [0.2, 0.25) is 0 Å². The van der Waals surface area contributed by atoms with Crippen LogP contribution in [0.5, 0.6) is 0 Å². The highest BCUT2D eigenvalue weighted by Crippen LogP contribution is 2.09. The van der Waals surface area contributed by atoms with Crippen LogP contribution in [-0.2, 0) is 19.1 Å². The smallest absolute Gasteiger partial charge is 0.306 e. The lowest BCUT2D eigenvalue weighted by Gasteiger charge is -2.15. The van der Waals surface area contributed by atoms with E-state index in [2.05, 4.69) is 19.1 Å². The summed E-state index contributed by atoms with van der Waals surface area (Å²) >= 11 is 0. The van der Waals surface area contributed by atoms with Crippen molar-refractivity contribution in [2.45, 2.75) is 90.6 Å². The number of unbranched alkanes of at least 4 members (excludes halogenated alkanes) is 8. The molecule has 25 heavy (non-hydrogen) atoms. The first-order valence-electron chi connectivity index (χ1n) is 9.68. The summed E-state index contributed by atoms with van der Waals surface area (Å²) in [7, 11) is 0. The summed E-state index contributed by atoms with van der Waals surface area (Å²) in [6.07, 6.45) is 15.7. The van der Waals surface area contributed by atoms with Gasteiger partial charge in [-0.05, 0) is 32.1 Å². The van der Waals surface area contributed by atoms with Gasteiger partial charge in [0, 0.05) is 13.3 Å². The van der Waals surface area contributed by atoms with Crippen molar-refractivity contribution in [3.8, 4) is 0 Å². The Morgan fingerprint density at radius 1 is 0.960 bits per heavy atom. The number of aliphatic hydroxyl groups excluding tert-OH is 1. The standard InChI is InChI=1S/C20H36O5/c1-3-4-5-6-7-8-9-10-11-12-13-14-15-20(23)25-19(16-21)17-24-18(2)22/h7-8,19,21H,3-6,9-17H2,1-2H3/b8-7-. The molecule has 0 spiro atoms. The van der Waals surface area contributed by atoms with E-state index in [1.54, 1.807) is 0 Å². The Morgan fingerprint density at radius 3 is 2.16 bits per heavy atom. The maximum atomic E-state index is 11.7. The lowest BCUT2D eigenvalue weighted by atomic mass is 10.1. The van der Waals surface area contributed by atoms with Gasteiger partial charge in [0.05, 0.1) is 6.61 Å². The molecular formula is C20H36O5. The van der Waals surface area contributed by atoms with Gasteiger partial charge in [0.25, 0.3) is 0 Å². The number of hydrogen-bond donors (Lipinski definition) is 1. The van der Waals surface area contributed by atoms with Crippen LogP contribution in [0.4, 0.5) is 0 Å². The SMILES string of the molecule is CCCCC/C=C\CCCCCCCC(=O)OC(CO)COC(C)=O. The summed E-state index contributed by atoms with van der Waals surface area (Å²) in [6, 6.07) is 0. The van der Waals surface area contributed by atoms with Gasteiger partial charge >= 0.3 is 11.9 Å². The summed E-state index contributed by atoms with van der Waals surface area (Å²) in [5, 5.41) is 9.09. The van der Waals surface area contributed by atoms with Crippen LogP contribution in [0.15, 0.2) is 12.2 Å². The molecule has 1 atom stereocenters. The van der Waals surface area contributed by atoms with Crippen LogP contribution in [0.3, 0.4) is 0 Å². The molecule has 0 amide bonds. The van der Waals surface area contributed by atoms with E-state index < -0.39 is 12.1 Å². The van der Waals surface area contributed by atoms with Gasteiger partial charge in [0.1, 0.15) is 6.61 Å². The minimum atomic E-state index is -0.763. The van der Waals surface area contributed by atoms with E-state index in [4.69, 9.17) is 14.6 Å². The van der Waals surface area contributed by atoms with Crippen LogP contribution in [-0.4, -0.2) is 36.4 Å². The van der Waals surface area contributed by atoms with E-state index in [-0.39, 0.29) is 19.2 Å². The number of rotatable bonds is 16. The highest BCUT2D eigenvalue weighted by molar-refractivity contribution is 5.69. The van der Waals surface area contributed by atoms with Gasteiger partial charge in [0.15, 0.2) is 6.10 Å². The Kier molecular flexibility index (Phi) is 16.5. The summed E-state index contributed by atoms with van der Waals surface area (Å²) in [5.74, 6) is -0.800. The number of carbonyl (C=O) groups is 2. The van der Waals surface area contributed by atoms with Crippen LogP contribution in [0.1, 0.15) is 84.5 Å². The molecule has 0 heterocycles. The molecule has 0 bridgehead atoms. The second-order valence-corrected chi connectivity index (χ2v) is 6.37. The van der Waals surface area contributed by atoms with Crippen LogP contribution in [0.25, 0.3) is 0 Å². The fourth-order valence-corrected chi connectivity index (χ4v) is 2.39. The number of hydrogen-bond acceptors (Lipinski definition) is 5. The maximum absolute atomic E-state index is 11.7. The van der Waals surface area contributed by atoms with Gasteiger partial charge in [-0.3, -0.25) is 9.59 Å². The van der Waals surface area contributed by atoms with E-state index in [0.717, 1.165) is 25.7 Å². The monoisotopic (exact) mass is 356 g/mol. The molecule has 0 fully saturated rings. The third-order valence-electron chi connectivity index (χ3n) is 3.87. The Hall–Kier alpha value is -1.36. The predicted octanol–water partition coefficient (Wildman–Crippen LogP) is 4.32. The van der Waals surface area contributed by atoms with Crippen LogP contribution in [0, 0.1) is 0 Å². The molecule has 0 aromatic heterocycles. The molecule has 0 aliphatic carbocycles. The first-order chi connectivity index (χ1) is 12.1. The summed E-state index contributed by atoms with van der Waals surface area (Å²) in [6.45, 7) is 3.06. The molecule has 0 aromatic rings. The Bertz CT molecular complexity index is 365. The van der Waals surface area contributed by atoms with Crippen molar-refractivity contribution >= 4 is 11.9 Å². The van der Waals surface area contributed by atoms with Gasteiger partial charge in [-0.1, -0.05) is 51.2 Å². The van der Waals surface area contributed by atoms with Crippen molar-refractivity contribution in [3.63, 3.8) is 0 Å². The minimum Gasteiger partial charge on any atom is -0.462 e. The molecule has 0 rings (SSSR count). The molecule has 146 valence electrons. The first kappa shape index (κ1) is 23.6. The fraction of sp³-hybridized carbons (Fsp3) is 0.800. The van der Waals surface area contributed by atoms with E-state index in [1.165, 1.54) is 45.4 Å². The third kappa shape index (κ3) is 17.3. The Balaban J connectivity index is 3.48. The molecule has 1 unspecified atom stereocenters. The molecule has 0 aliphatic heterocycles. The van der Waals surface area contributed by atoms with E-state index >= 15 is 0 Å². The number of aliphatic hydroxyl groups is 1. The highest BCUT2D eigenvalue weighted by atomic mass is 16.6. The van der Waals surface area contributed by atoms with Gasteiger partial charge in [-0.2, -0.15) is 0 Å². The average molecular weight is 357 g/mol. The molecule has 5 nitrogen and oxygen atoms in total. The van der Waals surface area contributed by atoms with E-state index in [1.807, 2.05) is 0 Å². The molecule has 0 saturated carbocycles. The number of carbonyl (C=O) groups excluding carboxylic acids is 2. The predicted molar refractivity (Wildman–Crippen MR) is 99.2 cm³/mol. The normalized spacial score (nSPS) is 12.3. The van der Waals surface area contributed by atoms with E-state index in [0.29, 0.717) is 6.42 Å². The zero-order chi connectivity index (χ0) is 18.8. The Morgan fingerprint density at radius 2 is 1.56 bits per heavy atom. The largest absolute Gasteiger partial charge is 0.462 e. The van der Waals surface area contributed by atoms with Crippen molar-refractivity contribution in [3.05, 3.63) is 12.2 Å². The second kappa shape index (κ2) is 17.5. The molecule has 0 radical (unpaired) electrons. The molecule has 0 saturated heterocycles. The number of allylic oxidation sites excluding steroid dienone is 2. The minimum absolute atomic E-state index is 0.0937. The fourth-order valence-electron chi connectivity index (χ4n) is 2.39. The molecule has 0 aliphatic rings. The van der Waals surface area contributed by atoms with Gasteiger partial charge in [-0.25, -0.2) is 0 Å². The maximum Gasteiger partial charge on any atom is 0.306 e. The second-order valence-electron chi connectivity index (χ2n) is 6.37. The van der Waals surface area contributed by atoms with Crippen molar-refractivity contribution in [2.75, 3.05) is 13.2 Å². The van der Waals surface area contributed by atoms with Crippen LogP contribution >= 0.6 is 0 Å². The van der Waals surface area contributed by atoms with Crippen molar-refractivity contribution in [2.24, 2.45) is 0 Å². The Labute approximate surface area is 152 Å². The van der Waals surface area contributed by atoms with Crippen molar-refractivity contribution < 1.29 is 24.2 Å². The average Bonchev–Trinajstić information content (AvgIpc) is 2.59. The van der Waals surface area contributed by atoms with E-state index in [9.17, 15) is 9.59 Å². The van der Waals surface area contributed by atoms with Crippen LogP contribution < -0.4 is 0 Å². The zero-order valence-corrected chi connectivity index (χ0v) is 16.0. The van der Waals surface area contributed by atoms with Crippen LogP contribution in [0.2, 0.25) is 0 Å². The molecule has 1 N–H and O–H groups in total. The highest BCUT2D eigenvalue weighted by Gasteiger charge is 2.14. The topological polar surface area (TPSA) is 72.8 Å². The number of esters is 2. The van der Waals surface area contributed by atoms with Crippen molar-refractivity contribution in [1.82, 2.24) is 0 Å². The third-order valence-corrected chi connectivity index (χ3v) is 3.87. The summed E-state index contributed by atoms with van der Waals surface area (Å²) in [5.41, 5.74) is 0. The molecule has 5 heteroatoms. The molecular weight excluding hydrogens is 320 g/mol. The molecule has 0 aromatic carbocycles. The summed E-state index contributed by atoms with van der Waals surface area (Å²) in [4.78, 5) is 22.4. The first-order valence-corrected chi connectivity index (χ1v) is 9.68. The summed E-state index contributed by atoms with van der Waals surface area (Å²) < 4.78 is 9.81. The van der Waals surface area contributed by atoms with Crippen molar-refractivity contribution in [1.29, 1.82) is 0 Å². The number of ether oxygens (including phenoxy) is 2. The lowest BCUT2D eigenvalue weighted by Crippen LogP contribution is -2.28. The van der Waals surface area contributed by atoms with Gasteiger partial charge < -0.3 is 14.6 Å². The quantitative estimate of drug-likeness (QED) is 0.253. The zero-order valence-electron chi connectivity index (χ0n) is 16.0.